The summed E-state index contributed by atoms with van der Waals surface area (Å²) in [4.78, 5) is 20.3. The average Bonchev–Trinajstić information content (AvgIpc) is 3.20. The van der Waals surface area contributed by atoms with Crippen LogP contribution in [0.1, 0.15) is 51.0 Å². The van der Waals surface area contributed by atoms with Crippen LogP contribution in [0.25, 0.3) is 6.08 Å². The molecule has 0 bridgehead atoms. The van der Waals surface area contributed by atoms with Gasteiger partial charge in [-0.15, -0.1) is 0 Å². The number of carbonyl (C=O) groups excluding carboxylic acids is 1. The summed E-state index contributed by atoms with van der Waals surface area (Å²) in [5.41, 5.74) is 2.02. The van der Waals surface area contributed by atoms with E-state index in [1.807, 2.05) is 0 Å². The number of anilines is 1. The van der Waals surface area contributed by atoms with E-state index in [0.29, 0.717) is 59.5 Å². The molecule has 3 aromatic rings. The zero-order valence-electron chi connectivity index (χ0n) is 21.4. The number of aliphatic imine (C=N–C) groups is 1. The van der Waals surface area contributed by atoms with E-state index < -0.39 is 0 Å². The van der Waals surface area contributed by atoms with Crippen LogP contribution in [-0.4, -0.2) is 17.7 Å². The molecular formula is C30H28Cl4N2O2S. The van der Waals surface area contributed by atoms with Crippen molar-refractivity contribution in [1.29, 1.82) is 0 Å². The second kappa shape index (κ2) is 14.5. The van der Waals surface area contributed by atoms with Crippen LogP contribution < -0.4 is 9.64 Å². The van der Waals surface area contributed by atoms with Gasteiger partial charge in [0, 0.05) is 10.0 Å². The lowest BCUT2D eigenvalue weighted by Crippen LogP contribution is -2.28. The maximum absolute atomic E-state index is 13.6. The predicted octanol–water partition coefficient (Wildman–Crippen LogP) is 10.8. The van der Waals surface area contributed by atoms with Gasteiger partial charge in [0.1, 0.15) is 0 Å². The normalized spacial score (nSPS) is 15.5. The Hall–Kier alpha value is -2.15. The van der Waals surface area contributed by atoms with Crippen LogP contribution in [0.5, 0.6) is 5.75 Å². The summed E-state index contributed by atoms with van der Waals surface area (Å²) >= 11 is 26.5. The lowest BCUT2D eigenvalue weighted by atomic mass is 10.1. The Kier molecular flexibility index (Phi) is 11.1. The lowest BCUT2D eigenvalue weighted by molar-refractivity contribution is -0.113. The third-order valence-electron chi connectivity index (χ3n) is 6.01. The Morgan fingerprint density at radius 3 is 2.08 bits per heavy atom. The van der Waals surface area contributed by atoms with Gasteiger partial charge in [0.05, 0.1) is 32.9 Å². The summed E-state index contributed by atoms with van der Waals surface area (Å²) in [6.45, 7) is 2.76. The Labute approximate surface area is 253 Å². The van der Waals surface area contributed by atoms with Gasteiger partial charge in [-0.2, -0.15) is 0 Å². The minimum atomic E-state index is -0.217. The number of thioether (sulfide) groups is 1. The Morgan fingerprint density at radius 2 is 1.44 bits per heavy atom. The number of nitrogens with zero attached hydrogens (tertiary/aromatic N) is 2. The zero-order chi connectivity index (χ0) is 27.8. The minimum absolute atomic E-state index is 0.217. The van der Waals surface area contributed by atoms with Crippen molar-refractivity contribution in [2.45, 2.75) is 45.4 Å². The summed E-state index contributed by atoms with van der Waals surface area (Å²) in [7, 11) is 0. The van der Waals surface area contributed by atoms with Gasteiger partial charge in [0.25, 0.3) is 5.91 Å². The first-order valence-electron chi connectivity index (χ1n) is 12.8. The number of carbonyl (C=O) groups is 1. The fraction of sp³-hybridized carbons (Fsp3) is 0.267. The van der Waals surface area contributed by atoms with E-state index in [0.717, 1.165) is 12.8 Å². The summed E-state index contributed by atoms with van der Waals surface area (Å²) in [5.74, 6) is 0.248. The maximum Gasteiger partial charge on any atom is 0.271 e. The van der Waals surface area contributed by atoms with Crippen molar-refractivity contribution in [2.24, 2.45) is 4.99 Å². The fourth-order valence-electron chi connectivity index (χ4n) is 4.00. The third kappa shape index (κ3) is 8.18. The number of halogens is 4. The van der Waals surface area contributed by atoms with Crippen LogP contribution >= 0.6 is 58.2 Å². The van der Waals surface area contributed by atoms with Crippen molar-refractivity contribution in [3.8, 4) is 5.75 Å². The molecule has 4 rings (SSSR count). The van der Waals surface area contributed by atoms with Crippen molar-refractivity contribution >= 4 is 86.7 Å². The van der Waals surface area contributed by atoms with Crippen LogP contribution in [0.3, 0.4) is 0 Å². The highest BCUT2D eigenvalue weighted by Gasteiger charge is 2.35. The minimum Gasteiger partial charge on any atom is -0.490 e. The Bertz CT molecular complexity index is 1340. The van der Waals surface area contributed by atoms with E-state index in [1.165, 1.54) is 37.4 Å². The molecule has 0 unspecified atom stereocenters. The second-order valence-corrected chi connectivity index (χ2v) is 11.7. The summed E-state index contributed by atoms with van der Waals surface area (Å²) in [5, 5.41) is 2.50. The van der Waals surface area contributed by atoms with Crippen LogP contribution in [0.2, 0.25) is 20.1 Å². The monoisotopic (exact) mass is 620 g/mol. The molecule has 1 saturated heterocycles. The molecule has 3 aromatic carbocycles. The average molecular weight is 622 g/mol. The fourth-order valence-corrected chi connectivity index (χ4v) is 5.87. The largest absolute Gasteiger partial charge is 0.490 e. The van der Waals surface area contributed by atoms with Crippen LogP contribution in [0.15, 0.2) is 70.6 Å². The summed E-state index contributed by atoms with van der Waals surface area (Å²) < 4.78 is 5.89. The molecule has 39 heavy (non-hydrogen) atoms. The van der Waals surface area contributed by atoms with Crippen LogP contribution in [-0.2, 0) is 4.79 Å². The van der Waals surface area contributed by atoms with E-state index in [1.54, 1.807) is 71.6 Å². The number of amidine groups is 1. The van der Waals surface area contributed by atoms with E-state index in [-0.39, 0.29) is 5.91 Å². The highest BCUT2D eigenvalue weighted by molar-refractivity contribution is 8.19. The molecule has 0 saturated carbocycles. The van der Waals surface area contributed by atoms with Gasteiger partial charge in [-0.1, -0.05) is 85.4 Å². The van der Waals surface area contributed by atoms with Gasteiger partial charge < -0.3 is 4.74 Å². The standard InChI is InChI=1S/C30H28Cl4N2O2S/c1-2-3-4-5-6-7-16-38-28-25(33)17-20(18-26(28)34)19-27-29(37)36(24-14-10-22(32)11-15-24)30(39-27)35-23-12-8-21(31)9-13-23/h8-15,17-19H,2-7,16H2,1H3/b27-19+,35-30?. The molecule has 0 radical (unpaired) electrons. The molecule has 1 aliphatic rings. The molecule has 9 heteroatoms. The first-order valence-corrected chi connectivity index (χ1v) is 15.1. The molecule has 4 nitrogen and oxygen atoms in total. The second-order valence-electron chi connectivity index (χ2n) is 9.03. The Balaban J connectivity index is 1.55. The molecule has 1 aliphatic heterocycles. The van der Waals surface area contributed by atoms with Gasteiger partial charge in [0.15, 0.2) is 10.9 Å². The lowest BCUT2D eigenvalue weighted by Gasteiger charge is -2.15. The number of amides is 1. The first kappa shape index (κ1) is 29.8. The third-order valence-corrected chi connectivity index (χ3v) is 8.04. The van der Waals surface area contributed by atoms with Crippen molar-refractivity contribution in [3.05, 3.63) is 91.2 Å². The van der Waals surface area contributed by atoms with E-state index in [2.05, 4.69) is 6.92 Å². The first-order chi connectivity index (χ1) is 18.9. The molecule has 0 atom stereocenters. The van der Waals surface area contributed by atoms with Crippen molar-refractivity contribution in [2.75, 3.05) is 11.5 Å². The summed E-state index contributed by atoms with van der Waals surface area (Å²) in [6, 6.07) is 17.7. The smallest absolute Gasteiger partial charge is 0.271 e. The van der Waals surface area contributed by atoms with Crippen LogP contribution in [0.4, 0.5) is 11.4 Å². The number of benzene rings is 3. The molecule has 204 valence electrons. The Morgan fingerprint density at radius 1 is 0.846 bits per heavy atom. The number of hydrogen-bond acceptors (Lipinski definition) is 4. The molecule has 0 N–H and O–H groups in total. The molecule has 0 spiro atoms. The molecule has 0 aliphatic carbocycles. The molecule has 1 fully saturated rings. The molecule has 0 aromatic heterocycles. The highest BCUT2D eigenvalue weighted by atomic mass is 35.5. The number of ether oxygens (including phenoxy) is 1. The highest BCUT2D eigenvalue weighted by Crippen LogP contribution is 2.40. The molecule has 1 amide bonds. The number of rotatable bonds is 11. The quantitative estimate of drug-likeness (QED) is 0.158. The van der Waals surface area contributed by atoms with Gasteiger partial charge in [-0.3, -0.25) is 9.69 Å². The van der Waals surface area contributed by atoms with Gasteiger partial charge in [-0.25, -0.2) is 4.99 Å². The predicted molar refractivity (Wildman–Crippen MR) is 168 cm³/mol. The van der Waals surface area contributed by atoms with Gasteiger partial charge >= 0.3 is 0 Å². The topological polar surface area (TPSA) is 41.9 Å². The van der Waals surface area contributed by atoms with Gasteiger partial charge in [-0.05, 0) is 90.5 Å². The summed E-state index contributed by atoms with van der Waals surface area (Å²) in [6.07, 6.45) is 8.76. The van der Waals surface area contributed by atoms with E-state index in [4.69, 9.17) is 56.1 Å². The number of unbranched alkanes of at least 4 members (excludes halogenated alkanes) is 5. The van der Waals surface area contributed by atoms with Crippen molar-refractivity contribution < 1.29 is 9.53 Å². The molecule has 1 heterocycles. The van der Waals surface area contributed by atoms with E-state index in [9.17, 15) is 4.79 Å². The van der Waals surface area contributed by atoms with Crippen molar-refractivity contribution in [3.63, 3.8) is 0 Å². The zero-order valence-corrected chi connectivity index (χ0v) is 25.3. The number of hydrogen-bond donors (Lipinski definition) is 0. The van der Waals surface area contributed by atoms with E-state index >= 15 is 0 Å². The maximum atomic E-state index is 13.6. The van der Waals surface area contributed by atoms with Crippen LogP contribution in [0, 0.1) is 0 Å². The SMILES string of the molecule is CCCCCCCCOc1c(Cl)cc(/C=C2/SC(=Nc3ccc(Cl)cc3)N(c3ccc(Cl)cc3)C2=O)cc1Cl. The van der Waals surface area contributed by atoms with Crippen molar-refractivity contribution in [1.82, 2.24) is 0 Å². The molecular weight excluding hydrogens is 594 g/mol. The van der Waals surface area contributed by atoms with Gasteiger partial charge in [0.2, 0.25) is 0 Å².